The molecule has 9 nitrogen and oxygen atoms in total. The van der Waals surface area contributed by atoms with Gasteiger partial charge >= 0.3 is 0 Å². The number of anilines is 1. The quantitative estimate of drug-likeness (QED) is 0.414. The molecule has 1 aliphatic heterocycles. The van der Waals surface area contributed by atoms with Crippen molar-refractivity contribution in [3.63, 3.8) is 0 Å². The fourth-order valence-corrected chi connectivity index (χ4v) is 4.54. The second kappa shape index (κ2) is 8.90. The summed E-state index contributed by atoms with van der Waals surface area (Å²) in [5, 5.41) is 22.9. The number of nitrogens with zero attached hydrogens (tertiary/aromatic N) is 4. The highest BCUT2D eigenvalue weighted by Crippen LogP contribution is 2.29. The van der Waals surface area contributed by atoms with E-state index in [2.05, 4.69) is 31.4 Å². The number of carbonyl (C=O) groups is 2. The number of amides is 2. The third-order valence-electron chi connectivity index (χ3n) is 4.85. The Morgan fingerprint density at radius 1 is 1.19 bits per heavy atom. The lowest BCUT2D eigenvalue weighted by Gasteiger charge is -2.23. The van der Waals surface area contributed by atoms with Gasteiger partial charge in [-0.25, -0.2) is 0 Å². The molecular weight excluding hydrogens is 486 g/mol. The summed E-state index contributed by atoms with van der Waals surface area (Å²) in [6, 6.07) is 12.4. The van der Waals surface area contributed by atoms with Gasteiger partial charge in [-0.1, -0.05) is 45.5 Å². The van der Waals surface area contributed by atoms with Gasteiger partial charge in [-0.3, -0.25) is 25.0 Å². The van der Waals surface area contributed by atoms with Gasteiger partial charge in [0.05, 0.1) is 4.92 Å². The fourth-order valence-electron chi connectivity index (χ4n) is 3.40. The van der Waals surface area contributed by atoms with E-state index in [1.165, 1.54) is 40.5 Å². The molecule has 2 aromatic carbocycles. The zero-order valence-corrected chi connectivity index (χ0v) is 18.4. The first kappa shape index (κ1) is 21.1. The maximum atomic E-state index is 12.9. The Labute approximate surface area is 189 Å². The number of nitro groups is 1. The predicted octanol–water partition coefficient (Wildman–Crippen LogP) is 4.12. The molecule has 3 aromatic rings. The number of nitro benzene ring substituents is 1. The van der Waals surface area contributed by atoms with Crippen LogP contribution in [0.2, 0.25) is 0 Å². The maximum absolute atomic E-state index is 12.9. The average molecular weight is 502 g/mol. The zero-order chi connectivity index (χ0) is 22.0. The van der Waals surface area contributed by atoms with Crippen molar-refractivity contribution in [2.45, 2.75) is 18.9 Å². The van der Waals surface area contributed by atoms with Gasteiger partial charge in [-0.15, -0.1) is 10.2 Å². The Kier molecular flexibility index (Phi) is 6.05. The Hall–Kier alpha value is -3.18. The van der Waals surface area contributed by atoms with Gasteiger partial charge in [-0.05, 0) is 31.0 Å². The van der Waals surface area contributed by atoms with Crippen LogP contribution >= 0.6 is 27.3 Å². The zero-order valence-electron chi connectivity index (χ0n) is 16.0. The molecule has 1 N–H and O–H groups in total. The molecule has 1 aliphatic rings. The molecule has 0 radical (unpaired) electrons. The molecule has 31 heavy (non-hydrogen) atoms. The van der Waals surface area contributed by atoms with E-state index in [0.717, 1.165) is 10.0 Å². The first-order valence-electron chi connectivity index (χ1n) is 9.38. The number of hydrogen-bond donors (Lipinski definition) is 1. The highest BCUT2D eigenvalue weighted by Gasteiger charge is 2.35. The lowest BCUT2D eigenvalue weighted by Crippen LogP contribution is -2.43. The molecule has 1 fully saturated rings. The van der Waals surface area contributed by atoms with Crippen LogP contribution < -0.4 is 5.32 Å². The SMILES string of the molecule is O=C(Nc1nnc(-c2cccc(Br)c2)s1)C1CCCN1C(=O)c1cccc([N+](=O)[O-])c1. The standard InChI is InChI=1S/C20H16BrN5O4S/c21-14-6-1-4-12(10-14)18-23-24-20(31-18)22-17(27)16-8-3-9-25(16)19(28)13-5-2-7-15(11-13)26(29)30/h1-2,4-7,10-11,16H,3,8-9H2,(H,22,24,27). The van der Waals surface area contributed by atoms with E-state index in [1.807, 2.05) is 24.3 Å². The molecule has 0 aliphatic carbocycles. The molecule has 4 rings (SSSR count). The van der Waals surface area contributed by atoms with Crippen molar-refractivity contribution in [3.05, 3.63) is 68.7 Å². The first-order valence-corrected chi connectivity index (χ1v) is 11.0. The summed E-state index contributed by atoms with van der Waals surface area (Å²) in [6.45, 7) is 0.402. The van der Waals surface area contributed by atoms with Crippen LogP contribution in [0.15, 0.2) is 53.0 Å². The second-order valence-corrected chi connectivity index (χ2v) is 8.77. The number of carbonyl (C=O) groups excluding carboxylic acids is 2. The van der Waals surface area contributed by atoms with Crippen molar-refractivity contribution < 1.29 is 14.5 Å². The third kappa shape index (κ3) is 4.62. The normalized spacial score (nSPS) is 15.6. The fraction of sp³-hybridized carbons (Fsp3) is 0.200. The topological polar surface area (TPSA) is 118 Å². The van der Waals surface area contributed by atoms with Crippen LogP contribution in [0.3, 0.4) is 0 Å². The van der Waals surface area contributed by atoms with Gasteiger partial charge in [0.2, 0.25) is 11.0 Å². The second-order valence-electron chi connectivity index (χ2n) is 6.88. The molecule has 1 unspecified atom stereocenters. The monoisotopic (exact) mass is 501 g/mol. The van der Waals surface area contributed by atoms with Gasteiger partial charge in [0.25, 0.3) is 11.6 Å². The van der Waals surface area contributed by atoms with Gasteiger partial charge in [0.15, 0.2) is 0 Å². The minimum atomic E-state index is -0.676. The Bertz CT molecular complexity index is 1170. The van der Waals surface area contributed by atoms with E-state index < -0.39 is 16.9 Å². The van der Waals surface area contributed by atoms with Crippen LogP contribution in [0, 0.1) is 10.1 Å². The smallest absolute Gasteiger partial charge is 0.270 e. The molecule has 2 heterocycles. The molecule has 1 saturated heterocycles. The van der Waals surface area contributed by atoms with Gasteiger partial charge < -0.3 is 4.90 Å². The molecule has 1 aromatic heterocycles. The number of halogens is 1. The van der Waals surface area contributed by atoms with Crippen LogP contribution in [0.1, 0.15) is 23.2 Å². The van der Waals surface area contributed by atoms with Crippen molar-refractivity contribution in [3.8, 4) is 10.6 Å². The lowest BCUT2D eigenvalue weighted by molar-refractivity contribution is -0.384. The van der Waals surface area contributed by atoms with E-state index >= 15 is 0 Å². The van der Waals surface area contributed by atoms with Crippen LogP contribution in [0.25, 0.3) is 10.6 Å². The summed E-state index contributed by atoms with van der Waals surface area (Å²) in [5.74, 6) is -0.762. The number of rotatable bonds is 5. The van der Waals surface area contributed by atoms with Crippen LogP contribution in [-0.2, 0) is 4.79 Å². The van der Waals surface area contributed by atoms with Crippen molar-refractivity contribution >= 4 is 49.9 Å². The Morgan fingerprint density at radius 2 is 2.00 bits per heavy atom. The van der Waals surface area contributed by atoms with Crippen LogP contribution in [0.4, 0.5) is 10.8 Å². The summed E-state index contributed by atoms with van der Waals surface area (Å²) in [5.41, 5.74) is 0.887. The number of non-ortho nitro benzene ring substituents is 1. The average Bonchev–Trinajstić information content (AvgIpc) is 3.43. The highest BCUT2D eigenvalue weighted by atomic mass is 79.9. The Balaban J connectivity index is 1.48. The molecule has 0 saturated carbocycles. The summed E-state index contributed by atoms with van der Waals surface area (Å²) in [7, 11) is 0. The summed E-state index contributed by atoms with van der Waals surface area (Å²) < 4.78 is 0.909. The van der Waals surface area contributed by atoms with Gasteiger partial charge in [0, 0.05) is 34.3 Å². The number of benzene rings is 2. The van der Waals surface area contributed by atoms with Crippen LogP contribution in [0.5, 0.6) is 0 Å². The molecule has 158 valence electrons. The number of likely N-dealkylation sites (tertiary alicyclic amines) is 1. The number of aromatic nitrogens is 2. The van der Waals surface area contributed by atoms with E-state index in [-0.39, 0.29) is 17.2 Å². The molecule has 2 amide bonds. The Morgan fingerprint density at radius 3 is 2.77 bits per heavy atom. The molecule has 1 atom stereocenters. The van der Waals surface area contributed by atoms with Gasteiger partial charge in [-0.2, -0.15) is 0 Å². The van der Waals surface area contributed by atoms with Crippen molar-refractivity contribution in [2.24, 2.45) is 0 Å². The van der Waals surface area contributed by atoms with E-state index in [0.29, 0.717) is 29.5 Å². The first-order chi connectivity index (χ1) is 14.9. The van der Waals surface area contributed by atoms with Gasteiger partial charge in [0.1, 0.15) is 11.0 Å². The maximum Gasteiger partial charge on any atom is 0.270 e. The summed E-state index contributed by atoms with van der Waals surface area (Å²) in [4.78, 5) is 37.7. The molecule has 0 spiro atoms. The largest absolute Gasteiger partial charge is 0.327 e. The molecular formula is C20H16BrN5O4S. The highest BCUT2D eigenvalue weighted by molar-refractivity contribution is 9.10. The lowest BCUT2D eigenvalue weighted by atomic mass is 10.1. The van der Waals surface area contributed by atoms with E-state index in [4.69, 9.17) is 0 Å². The minimum absolute atomic E-state index is 0.167. The molecule has 0 bridgehead atoms. The minimum Gasteiger partial charge on any atom is -0.327 e. The van der Waals surface area contributed by atoms with Crippen molar-refractivity contribution in [2.75, 3.05) is 11.9 Å². The van der Waals surface area contributed by atoms with Crippen LogP contribution in [-0.4, -0.2) is 44.4 Å². The number of nitrogens with one attached hydrogen (secondary N) is 1. The number of hydrogen-bond acceptors (Lipinski definition) is 7. The molecule has 11 heteroatoms. The summed E-state index contributed by atoms with van der Waals surface area (Å²) in [6.07, 6.45) is 1.17. The van der Waals surface area contributed by atoms with E-state index in [1.54, 1.807) is 0 Å². The van der Waals surface area contributed by atoms with Crippen molar-refractivity contribution in [1.82, 2.24) is 15.1 Å². The third-order valence-corrected chi connectivity index (χ3v) is 6.23. The van der Waals surface area contributed by atoms with E-state index in [9.17, 15) is 19.7 Å². The summed E-state index contributed by atoms with van der Waals surface area (Å²) >= 11 is 4.65. The predicted molar refractivity (Wildman–Crippen MR) is 119 cm³/mol. The van der Waals surface area contributed by atoms with Crippen molar-refractivity contribution in [1.29, 1.82) is 0 Å².